The largest absolute Gasteiger partial charge is 0.347 e. The zero-order valence-electron chi connectivity index (χ0n) is 15.2. The summed E-state index contributed by atoms with van der Waals surface area (Å²) in [6, 6.07) is 18.8. The predicted octanol–water partition coefficient (Wildman–Crippen LogP) is 3.64. The standard InChI is InChI=1S/C21H19N5O/c1-14-6-5-7-16(10-14)13-23-20(27)19-11-15(2)24-21(26-19)25-18-9-4-3-8-17(18)12-22/h3-11H,13H2,1-2H3,(H,23,27)(H,24,25,26). The van der Waals surface area contributed by atoms with Gasteiger partial charge >= 0.3 is 0 Å². The zero-order valence-corrected chi connectivity index (χ0v) is 15.2. The number of nitrogens with one attached hydrogen (secondary N) is 2. The third kappa shape index (κ3) is 4.67. The van der Waals surface area contributed by atoms with E-state index in [-0.39, 0.29) is 17.5 Å². The molecule has 3 rings (SSSR count). The third-order valence-electron chi connectivity index (χ3n) is 3.92. The van der Waals surface area contributed by atoms with E-state index in [1.54, 1.807) is 31.2 Å². The number of benzene rings is 2. The first-order chi connectivity index (χ1) is 13.0. The van der Waals surface area contributed by atoms with Crippen LogP contribution >= 0.6 is 0 Å². The summed E-state index contributed by atoms with van der Waals surface area (Å²) in [6.45, 7) is 4.22. The van der Waals surface area contributed by atoms with Crippen molar-refractivity contribution in [3.05, 3.63) is 82.7 Å². The van der Waals surface area contributed by atoms with Gasteiger partial charge in [0.05, 0.1) is 11.3 Å². The molecule has 27 heavy (non-hydrogen) atoms. The van der Waals surface area contributed by atoms with Crippen molar-refractivity contribution in [2.24, 2.45) is 0 Å². The van der Waals surface area contributed by atoms with Crippen LogP contribution < -0.4 is 10.6 Å². The molecule has 2 aromatic carbocycles. The van der Waals surface area contributed by atoms with E-state index >= 15 is 0 Å². The number of anilines is 2. The van der Waals surface area contributed by atoms with Crippen molar-refractivity contribution in [1.29, 1.82) is 5.26 Å². The number of aromatic nitrogens is 2. The van der Waals surface area contributed by atoms with Crippen LogP contribution in [-0.2, 0) is 6.54 Å². The number of carbonyl (C=O) groups excluding carboxylic acids is 1. The first-order valence-electron chi connectivity index (χ1n) is 8.51. The molecule has 0 aliphatic heterocycles. The quantitative estimate of drug-likeness (QED) is 0.727. The lowest BCUT2D eigenvalue weighted by molar-refractivity contribution is 0.0945. The lowest BCUT2D eigenvalue weighted by Crippen LogP contribution is -2.24. The molecule has 0 radical (unpaired) electrons. The normalized spacial score (nSPS) is 10.1. The molecule has 0 fully saturated rings. The van der Waals surface area contributed by atoms with Gasteiger partial charge in [-0.25, -0.2) is 9.97 Å². The molecule has 0 aliphatic rings. The second kappa shape index (κ2) is 8.11. The highest BCUT2D eigenvalue weighted by molar-refractivity contribution is 5.92. The Morgan fingerprint density at radius 1 is 1.07 bits per heavy atom. The Balaban J connectivity index is 1.76. The van der Waals surface area contributed by atoms with Crippen LogP contribution in [0, 0.1) is 25.2 Å². The molecule has 0 saturated heterocycles. The summed E-state index contributed by atoms with van der Waals surface area (Å²) in [4.78, 5) is 21.1. The van der Waals surface area contributed by atoms with Crippen LogP contribution in [0.5, 0.6) is 0 Å². The highest BCUT2D eigenvalue weighted by Crippen LogP contribution is 2.18. The molecule has 0 spiro atoms. The van der Waals surface area contributed by atoms with Gasteiger partial charge in [0.15, 0.2) is 0 Å². The van der Waals surface area contributed by atoms with Gasteiger partial charge in [0.2, 0.25) is 5.95 Å². The van der Waals surface area contributed by atoms with Gasteiger partial charge < -0.3 is 10.6 Å². The molecule has 134 valence electrons. The van der Waals surface area contributed by atoms with Crippen LogP contribution in [-0.4, -0.2) is 15.9 Å². The maximum atomic E-state index is 12.5. The van der Waals surface area contributed by atoms with E-state index in [4.69, 9.17) is 0 Å². The fraction of sp³-hybridized carbons (Fsp3) is 0.143. The second-order valence-electron chi connectivity index (χ2n) is 6.17. The zero-order chi connectivity index (χ0) is 19.2. The summed E-state index contributed by atoms with van der Waals surface area (Å²) >= 11 is 0. The Morgan fingerprint density at radius 2 is 1.89 bits per heavy atom. The van der Waals surface area contributed by atoms with Crippen LogP contribution in [0.15, 0.2) is 54.6 Å². The molecule has 0 atom stereocenters. The first kappa shape index (κ1) is 18.1. The molecule has 1 heterocycles. The molecular formula is C21H19N5O. The summed E-state index contributed by atoms with van der Waals surface area (Å²) in [6.07, 6.45) is 0. The summed E-state index contributed by atoms with van der Waals surface area (Å²) < 4.78 is 0. The fourth-order valence-corrected chi connectivity index (χ4v) is 2.65. The number of amides is 1. The molecule has 3 aromatic rings. The molecule has 6 nitrogen and oxygen atoms in total. The Morgan fingerprint density at radius 3 is 2.67 bits per heavy atom. The topological polar surface area (TPSA) is 90.7 Å². The van der Waals surface area contributed by atoms with E-state index < -0.39 is 0 Å². The number of nitriles is 1. The molecule has 0 aliphatic carbocycles. The van der Waals surface area contributed by atoms with Gasteiger partial charge in [-0.3, -0.25) is 4.79 Å². The van der Waals surface area contributed by atoms with Gasteiger partial charge in [-0.15, -0.1) is 0 Å². The van der Waals surface area contributed by atoms with Gasteiger partial charge in [-0.1, -0.05) is 42.0 Å². The van der Waals surface area contributed by atoms with Crippen molar-refractivity contribution in [3.8, 4) is 6.07 Å². The highest BCUT2D eigenvalue weighted by Gasteiger charge is 2.12. The minimum atomic E-state index is -0.279. The summed E-state index contributed by atoms with van der Waals surface area (Å²) in [5.74, 6) is -0.00275. The van der Waals surface area contributed by atoms with E-state index in [0.717, 1.165) is 11.1 Å². The number of carbonyl (C=O) groups is 1. The van der Waals surface area contributed by atoms with Crippen LogP contribution in [0.3, 0.4) is 0 Å². The van der Waals surface area contributed by atoms with Crippen molar-refractivity contribution in [1.82, 2.24) is 15.3 Å². The molecule has 6 heteroatoms. The minimum Gasteiger partial charge on any atom is -0.347 e. The Bertz CT molecular complexity index is 1020. The van der Waals surface area contributed by atoms with Crippen LogP contribution in [0.25, 0.3) is 0 Å². The first-order valence-corrected chi connectivity index (χ1v) is 8.51. The fourth-order valence-electron chi connectivity index (χ4n) is 2.65. The molecule has 0 bridgehead atoms. The lowest BCUT2D eigenvalue weighted by atomic mass is 10.1. The summed E-state index contributed by atoms with van der Waals surface area (Å²) in [5, 5.41) is 15.1. The maximum Gasteiger partial charge on any atom is 0.270 e. The van der Waals surface area contributed by atoms with Gasteiger partial charge in [0.25, 0.3) is 5.91 Å². The number of rotatable bonds is 5. The smallest absolute Gasteiger partial charge is 0.270 e. The molecule has 2 N–H and O–H groups in total. The average molecular weight is 357 g/mol. The Hall–Kier alpha value is -3.72. The van der Waals surface area contributed by atoms with Crippen molar-refractivity contribution in [2.45, 2.75) is 20.4 Å². The van der Waals surface area contributed by atoms with Crippen LogP contribution in [0.2, 0.25) is 0 Å². The Kier molecular flexibility index (Phi) is 5.43. The predicted molar refractivity (Wildman–Crippen MR) is 104 cm³/mol. The molecule has 0 unspecified atom stereocenters. The van der Waals surface area contributed by atoms with E-state index in [1.807, 2.05) is 37.3 Å². The Labute approximate surface area is 157 Å². The number of hydrogen-bond acceptors (Lipinski definition) is 5. The highest BCUT2D eigenvalue weighted by atomic mass is 16.1. The second-order valence-corrected chi connectivity index (χ2v) is 6.17. The SMILES string of the molecule is Cc1cccc(CNC(=O)c2cc(C)nc(Nc3ccccc3C#N)n2)c1. The van der Waals surface area contributed by atoms with E-state index in [9.17, 15) is 10.1 Å². The average Bonchev–Trinajstić information content (AvgIpc) is 2.66. The summed E-state index contributed by atoms with van der Waals surface area (Å²) in [7, 11) is 0. The van der Waals surface area contributed by atoms with E-state index in [1.165, 1.54) is 0 Å². The van der Waals surface area contributed by atoms with Crippen molar-refractivity contribution in [2.75, 3.05) is 5.32 Å². The van der Waals surface area contributed by atoms with Gasteiger partial charge in [-0.2, -0.15) is 5.26 Å². The number of para-hydroxylation sites is 1. The monoisotopic (exact) mass is 357 g/mol. The van der Waals surface area contributed by atoms with E-state index in [0.29, 0.717) is 23.5 Å². The van der Waals surface area contributed by atoms with Crippen molar-refractivity contribution >= 4 is 17.5 Å². The van der Waals surface area contributed by atoms with Crippen molar-refractivity contribution < 1.29 is 4.79 Å². The van der Waals surface area contributed by atoms with Gasteiger partial charge in [-0.05, 0) is 37.6 Å². The van der Waals surface area contributed by atoms with Gasteiger partial charge in [0, 0.05) is 12.2 Å². The third-order valence-corrected chi connectivity index (χ3v) is 3.92. The summed E-state index contributed by atoms with van der Waals surface area (Å²) in [5.41, 5.74) is 4.16. The number of nitrogens with zero attached hydrogens (tertiary/aromatic N) is 3. The van der Waals surface area contributed by atoms with E-state index in [2.05, 4.69) is 26.7 Å². The minimum absolute atomic E-state index is 0.270. The van der Waals surface area contributed by atoms with Gasteiger partial charge in [0.1, 0.15) is 11.8 Å². The molecule has 0 saturated carbocycles. The number of aryl methyl sites for hydroxylation is 2. The number of hydrogen-bond donors (Lipinski definition) is 2. The molecule has 1 amide bonds. The lowest BCUT2D eigenvalue weighted by Gasteiger charge is -2.10. The van der Waals surface area contributed by atoms with Crippen LogP contribution in [0.1, 0.15) is 32.9 Å². The van der Waals surface area contributed by atoms with Crippen molar-refractivity contribution in [3.63, 3.8) is 0 Å². The maximum absolute atomic E-state index is 12.5. The molecular weight excluding hydrogens is 338 g/mol. The molecule has 1 aromatic heterocycles. The van der Waals surface area contributed by atoms with Crippen LogP contribution in [0.4, 0.5) is 11.6 Å².